The molecule has 1 rings (SSSR count). The maximum atomic E-state index is 11.9. The minimum atomic E-state index is -4.17. The van der Waals surface area contributed by atoms with Gasteiger partial charge < -0.3 is 10.6 Å². The Morgan fingerprint density at radius 2 is 2.00 bits per heavy atom. The zero-order chi connectivity index (χ0) is 14.5. The zero-order valence-corrected chi connectivity index (χ0v) is 10.9. The average molecular weight is 274 g/mol. The number of hydrogen-bond acceptors (Lipinski definition) is 2. The van der Waals surface area contributed by atoms with Crippen LogP contribution in [-0.2, 0) is 0 Å². The zero-order valence-electron chi connectivity index (χ0n) is 10.9. The van der Waals surface area contributed by atoms with Crippen molar-refractivity contribution < 1.29 is 18.0 Å². The molecule has 0 fully saturated rings. The van der Waals surface area contributed by atoms with Crippen molar-refractivity contribution in [3.8, 4) is 0 Å². The minimum Gasteiger partial charge on any atom is -0.388 e. The van der Waals surface area contributed by atoms with Gasteiger partial charge in [-0.1, -0.05) is 0 Å². The predicted octanol–water partition coefficient (Wildman–Crippen LogP) is 3.11. The fourth-order valence-electron chi connectivity index (χ4n) is 1.66. The maximum absolute atomic E-state index is 11.9. The van der Waals surface area contributed by atoms with Gasteiger partial charge >= 0.3 is 6.18 Å². The van der Waals surface area contributed by atoms with Gasteiger partial charge in [0.25, 0.3) is 5.91 Å². The molecule has 1 aromatic rings. The van der Waals surface area contributed by atoms with Crippen LogP contribution >= 0.6 is 0 Å². The number of nitrogens with one attached hydrogen (secondary N) is 2. The second-order valence-electron chi connectivity index (χ2n) is 4.25. The third-order valence-electron chi connectivity index (χ3n) is 2.68. The Balaban J connectivity index is 2.50. The molecular weight excluding hydrogens is 257 g/mol. The van der Waals surface area contributed by atoms with Crippen LogP contribution in [0.2, 0.25) is 0 Å². The molecule has 0 atom stereocenters. The van der Waals surface area contributed by atoms with E-state index in [0.717, 1.165) is 11.3 Å². The molecule has 3 nitrogen and oxygen atoms in total. The summed E-state index contributed by atoms with van der Waals surface area (Å²) in [5.74, 6) is -0.345. The molecule has 0 aliphatic heterocycles. The number of hydrogen-bond donors (Lipinski definition) is 2. The van der Waals surface area contributed by atoms with Crippen LogP contribution in [0.25, 0.3) is 0 Å². The van der Waals surface area contributed by atoms with E-state index in [1.165, 1.54) is 0 Å². The Morgan fingerprint density at radius 3 is 2.53 bits per heavy atom. The number of halogens is 3. The first kappa shape index (κ1) is 15.3. The highest BCUT2D eigenvalue weighted by Gasteiger charge is 2.26. The van der Waals surface area contributed by atoms with Gasteiger partial charge in [-0.05, 0) is 37.1 Å². The van der Waals surface area contributed by atoms with E-state index >= 15 is 0 Å². The molecule has 0 aromatic heterocycles. The third kappa shape index (κ3) is 5.19. The van der Waals surface area contributed by atoms with Gasteiger partial charge in [0.2, 0.25) is 0 Å². The summed E-state index contributed by atoms with van der Waals surface area (Å²) >= 11 is 0. The van der Waals surface area contributed by atoms with Gasteiger partial charge in [-0.3, -0.25) is 4.79 Å². The Bertz CT molecular complexity index is 444. The van der Waals surface area contributed by atoms with E-state index in [-0.39, 0.29) is 18.9 Å². The molecule has 2 N–H and O–H groups in total. The van der Waals surface area contributed by atoms with Crippen molar-refractivity contribution in [3.05, 3.63) is 29.3 Å². The lowest BCUT2D eigenvalue weighted by molar-refractivity contribution is -0.135. The number of rotatable bonds is 5. The van der Waals surface area contributed by atoms with Crippen molar-refractivity contribution in [2.75, 3.05) is 18.9 Å². The fraction of sp³-hybridized carbons (Fsp3) is 0.462. The number of aryl methyl sites for hydroxylation is 1. The average Bonchev–Trinajstić information content (AvgIpc) is 2.33. The standard InChI is InChI=1S/C13H17F3N2O/c1-9-8-10(17-2)4-5-11(9)12(19)18-7-3-6-13(14,15)16/h4-5,8,17H,3,6-7H2,1-2H3,(H,18,19). The third-order valence-corrected chi connectivity index (χ3v) is 2.68. The Morgan fingerprint density at radius 1 is 1.32 bits per heavy atom. The summed E-state index contributed by atoms with van der Waals surface area (Å²) in [4.78, 5) is 11.8. The Labute approximate surface area is 110 Å². The maximum Gasteiger partial charge on any atom is 0.389 e. The van der Waals surface area contributed by atoms with E-state index in [4.69, 9.17) is 0 Å². The number of amides is 1. The molecule has 0 spiro atoms. The van der Waals surface area contributed by atoms with Crippen LogP contribution in [0.15, 0.2) is 18.2 Å². The van der Waals surface area contributed by atoms with E-state index < -0.39 is 12.6 Å². The number of carbonyl (C=O) groups excluding carboxylic acids is 1. The van der Waals surface area contributed by atoms with Crippen molar-refractivity contribution >= 4 is 11.6 Å². The van der Waals surface area contributed by atoms with Crippen molar-refractivity contribution in [2.45, 2.75) is 25.9 Å². The van der Waals surface area contributed by atoms with Gasteiger partial charge in [0.15, 0.2) is 0 Å². The summed E-state index contributed by atoms with van der Waals surface area (Å²) < 4.78 is 35.8. The summed E-state index contributed by atoms with van der Waals surface area (Å²) in [7, 11) is 1.77. The molecule has 0 aliphatic carbocycles. The SMILES string of the molecule is CNc1ccc(C(=O)NCCCC(F)(F)F)c(C)c1. The number of alkyl halides is 3. The fourth-order valence-corrected chi connectivity index (χ4v) is 1.66. The lowest BCUT2D eigenvalue weighted by atomic mass is 10.1. The normalized spacial score (nSPS) is 11.2. The summed E-state index contributed by atoms with van der Waals surface area (Å²) in [5, 5.41) is 5.44. The van der Waals surface area contributed by atoms with Crippen molar-refractivity contribution in [2.24, 2.45) is 0 Å². The number of carbonyl (C=O) groups is 1. The van der Waals surface area contributed by atoms with Crippen molar-refractivity contribution in [1.82, 2.24) is 5.32 Å². The summed E-state index contributed by atoms with van der Waals surface area (Å²) in [6.45, 7) is 1.80. The lowest BCUT2D eigenvalue weighted by Crippen LogP contribution is -2.26. The van der Waals surface area contributed by atoms with Gasteiger partial charge in [-0.2, -0.15) is 13.2 Å². The highest BCUT2D eigenvalue weighted by atomic mass is 19.4. The number of anilines is 1. The molecule has 1 amide bonds. The molecule has 0 unspecified atom stereocenters. The Hall–Kier alpha value is -1.72. The highest BCUT2D eigenvalue weighted by molar-refractivity contribution is 5.96. The first-order chi connectivity index (χ1) is 8.83. The quantitative estimate of drug-likeness (QED) is 0.810. The summed E-state index contributed by atoms with van der Waals surface area (Å²) in [6.07, 6.45) is -5.16. The molecule has 0 bridgehead atoms. The summed E-state index contributed by atoms with van der Waals surface area (Å²) in [6, 6.07) is 5.21. The molecule has 106 valence electrons. The molecule has 19 heavy (non-hydrogen) atoms. The molecule has 6 heteroatoms. The van der Waals surface area contributed by atoms with Gasteiger partial charge in [0.05, 0.1) is 0 Å². The van der Waals surface area contributed by atoms with Crippen LogP contribution in [0.3, 0.4) is 0 Å². The van der Waals surface area contributed by atoms with E-state index in [1.54, 1.807) is 26.1 Å². The van der Waals surface area contributed by atoms with Crippen LogP contribution in [-0.4, -0.2) is 25.7 Å². The Kier molecular flexibility index (Phi) is 5.20. The molecular formula is C13H17F3N2O. The van der Waals surface area contributed by atoms with E-state index in [0.29, 0.717) is 5.56 Å². The van der Waals surface area contributed by atoms with Crippen LogP contribution in [0.5, 0.6) is 0 Å². The first-order valence-corrected chi connectivity index (χ1v) is 5.97. The molecule has 0 saturated heterocycles. The number of benzene rings is 1. The van der Waals surface area contributed by atoms with E-state index in [1.807, 2.05) is 6.07 Å². The van der Waals surface area contributed by atoms with Crippen LogP contribution < -0.4 is 10.6 Å². The van der Waals surface area contributed by atoms with Crippen LogP contribution in [0, 0.1) is 6.92 Å². The topological polar surface area (TPSA) is 41.1 Å². The first-order valence-electron chi connectivity index (χ1n) is 5.97. The highest BCUT2D eigenvalue weighted by Crippen LogP contribution is 2.20. The smallest absolute Gasteiger partial charge is 0.388 e. The second kappa shape index (κ2) is 6.45. The molecule has 0 radical (unpaired) electrons. The molecule has 1 aromatic carbocycles. The largest absolute Gasteiger partial charge is 0.389 e. The molecule has 0 heterocycles. The van der Waals surface area contributed by atoms with Crippen LogP contribution in [0.4, 0.5) is 18.9 Å². The van der Waals surface area contributed by atoms with E-state index in [2.05, 4.69) is 10.6 Å². The van der Waals surface area contributed by atoms with Gasteiger partial charge in [-0.25, -0.2) is 0 Å². The molecule has 0 saturated carbocycles. The van der Waals surface area contributed by atoms with E-state index in [9.17, 15) is 18.0 Å². The van der Waals surface area contributed by atoms with Gasteiger partial charge in [0.1, 0.15) is 0 Å². The van der Waals surface area contributed by atoms with Crippen molar-refractivity contribution in [3.63, 3.8) is 0 Å². The van der Waals surface area contributed by atoms with Gasteiger partial charge in [0, 0.05) is 31.3 Å². The van der Waals surface area contributed by atoms with Gasteiger partial charge in [-0.15, -0.1) is 0 Å². The second-order valence-corrected chi connectivity index (χ2v) is 4.25. The van der Waals surface area contributed by atoms with Crippen molar-refractivity contribution in [1.29, 1.82) is 0 Å². The molecule has 0 aliphatic rings. The van der Waals surface area contributed by atoms with Crippen LogP contribution in [0.1, 0.15) is 28.8 Å². The monoisotopic (exact) mass is 274 g/mol. The minimum absolute atomic E-state index is 0.0194. The summed E-state index contributed by atoms with van der Waals surface area (Å²) in [5.41, 5.74) is 2.14. The lowest BCUT2D eigenvalue weighted by Gasteiger charge is -2.10. The predicted molar refractivity (Wildman–Crippen MR) is 68.3 cm³/mol.